The van der Waals surface area contributed by atoms with Gasteiger partial charge in [0.15, 0.2) is 21.4 Å². The minimum absolute atomic E-state index is 0.0194. The highest BCUT2D eigenvalue weighted by Gasteiger charge is 2.61. The van der Waals surface area contributed by atoms with Crippen molar-refractivity contribution in [2.45, 2.75) is 28.6 Å². The van der Waals surface area contributed by atoms with Gasteiger partial charge >= 0.3 is 0 Å². The molecule has 4 aromatic rings. The van der Waals surface area contributed by atoms with Crippen LogP contribution in [-0.2, 0) is 25.7 Å². The van der Waals surface area contributed by atoms with Crippen LogP contribution in [-0.4, -0.2) is 32.7 Å². The highest BCUT2D eigenvalue weighted by molar-refractivity contribution is 7.92. The zero-order chi connectivity index (χ0) is 25.1. The minimum atomic E-state index is -4.25. The third-order valence-electron chi connectivity index (χ3n) is 7.06. The van der Waals surface area contributed by atoms with E-state index in [0.717, 1.165) is 27.4 Å². The summed E-state index contributed by atoms with van der Waals surface area (Å²) >= 11 is 7.50. The fourth-order valence-electron chi connectivity index (χ4n) is 5.43. The van der Waals surface area contributed by atoms with Crippen molar-refractivity contribution >= 4 is 43.0 Å². The Bertz CT molecular complexity index is 1540. The van der Waals surface area contributed by atoms with Crippen LogP contribution in [0.5, 0.6) is 5.75 Å². The number of aromatic nitrogens is 1. The SMILES string of the molecule is O=S(=O)(c1ccc(Cl)cc1)[C@@]12CCO[C@@H](Cc3nc4ccccc4s3)[C@@H]1COc1c(F)ccc(F)c12. The number of nitrogens with zero attached hydrogens (tertiary/aromatic N) is 1. The number of halogens is 3. The first-order valence-electron chi connectivity index (χ1n) is 11.4. The van der Waals surface area contributed by atoms with Gasteiger partial charge in [0.05, 0.1) is 38.4 Å². The number of thiazole rings is 1. The van der Waals surface area contributed by atoms with Crippen molar-refractivity contribution in [3.05, 3.63) is 87.9 Å². The lowest BCUT2D eigenvalue weighted by Crippen LogP contribution is -2.58. The molecule has 1 fully saturated rings. The molecule has 0 radical (unpaired) electrons. The Morgan fingerprint density at radius 1 is 1.06 bits per heavy atom. The fourth-order valence-corrected chi connectivity index (χ4v) is 8.91. The van der Waals surface area contributed by atoms with Crippen molar-refractivity contribution in [3.63, 3.8) is 0 Å². The van der Waals surface area contributed by atoms with Gasteiger partial charge in [0.2, 0.25) is 0 Å². The molecule has 36 heavy (non-hydrogen) atoms. The predicted molar refractivity (Wildman–Crippen MR) is 133 cm³/mol. The van der Waals surface area contributed by atoms with Crippen LogP contribution in [0.4, 0.5) is 8.78 Å². The molecule has 0 bridgehead atoms. The summed E-state index contributed by atoms with van der Waals surface area (Å²) in [6.45, 7) is -0.0932. The Morgan fingerprint density at radius 3 is 2.58 bits per heavy atom. The van der Waals surface area contributed by atoms with Crippen molar-refractivity contribution < 1.29 is 26.7 Å². The van der Waals surface area contributed by atoms with Crippen LogP contribution in [0, 0.1) is 17.6 Å². The Kier molecular flexibility index (Phi) is 5.79. The third kappa shape index (κ3) is 3.55. The lowest BCUT2D eigenvalue weighted by molar-refractivity contribution is -0.0717. The van der Waals surface area contributed by atoms with Gasteiger partial charge in [0, 0.05) is 24.0 Å². The van der Waals surface area contributed by atoms with E-state index in [1.165, 1.54) is 35.6 Å². The summed E-state index contributed by atoms with van der Waals surface area (Å²) < 4.78 is 70.1. The van der Waals surface area contributed by atoms with Crippen molar-refractivity contribution in [2.75, 3.05) is 13.2 Å². The first-order valence-corrected chi connectivity index (χ1v) is 14.1. The number of hydrogen-bond donors (Lipinski definition) is 0. The Hall–Kier alpha value is -2.59. The van der Waals surface area contributed by atoms with E-state index in [4.69, 9.17) is 21.1 Å². The number of benzene rings is 3. The first kappa shape index (κ1) is 23.8. The molecule has 0 spiro atoms. The van der Waals surface area contributed by atoms with Crippen LogP contribution in [0.1, 0.15) is 17.0 Å². The van der Waals surface area contributed by atoms with Gasteiger partial charge in [-0.05, 0) is 55.0 Å². The molecule has 6 rings (SSSR count). The summed E-state index contributed by atoms with van der Waals surface area (Å²) in [7, 11) is -4.25. The van der Waals surface area contributed by atoms with E-state index < -0.39 is 38.2 Å². The number of sulfone groups is 1. The summed E-state index contributed by atoms with van der Waals surface area (Å²) in [6, 6.07) is 15.3. The topological polar surface area (TPSA) is 65.5 Å². The molecule has 0 saturated carbocycles. The molecular formula is C26H20ClF2NO4S2. The molecule has 2 aliphatic rings. The molecule has 3 heterocycles. The van der Waals surface area contributed by atoms with Crippen molar-refractivity contribution in [1.29, 1.82) is 0 Å². The number of ether oxygens (including phenoxy) is 2. The molecule has 0 amide bonds. The zero-order valence-electron chi connectivity index (χ0n) is 18.8. The maximum Gasteiger partial charge on any atom is 0.189 e. The van der Waals surface area contributed by atoms with Gasteiger partial charge in [0.1, 0.15) is 10.6 Å². The summed E-state index contributed by atoms with van der Waals surface area (Å²) in [5.41, 5.74) is 0.568. The molecule has 0 N–H and O–H groups in total. The van der Waals surface area contributed by atoms with Crippen LogP contribution in [0.25, 0.3) is 10.2 Å². The highest BCUT2D eigenvalue weighted by Crippen LogP contribution is 2.56. The maximum absolute atomic E-state index is 15.5. The van der Waals surface area contributed by atoms with Crippen molar-refractivity contribution in [1.82, 2.24) is 4.98 Å². The third-order valence-corrected chi connectivity index (χ3v) is 10.9. The van der Waals surface area contributed by atoms with Gasteiger partial charge in [-0.1, -0.05) is 23.7 Å². The molecule has 10 heteroatoms. The van der Waals surface area contributed by atoms with E-state index in [2.05, 4.69) is 4.98 Å². The summed E-state index contributed by atoms with van der Waals surface area (Å²) in [5.74, 6) is -2.79. The standard InChI is InChI=1S/C26H20ClF2NO4S2/c27-15-5-7-16(8-6-15)36(31,32)26-11-12-33-21(13-23-30-20-3-1-2-4-22(20)35-23)17(26)14-34-25-19(29)10-9-18(28)24(25)26/h1-10,17,21H,11-14H2/t17-,21-,26-/m0/s1. The van der Waals surface area contributed by atoms with Crippen LogP contribution in [0.2, 0.25) is 5.02 Å². The van der Waals surface area contributed by atoms with E-state index in [1.807, 2.05) is 24.3 Å². The molecule has 5 nitrogen and oxygen atoms in total. The van der Waals surface area contributed by atoms with Crippen LogP contribution in [0.3, 0.4) is 0 Å². The lowest BCUT2D eigenvalue weighted by Gasteiger charge is -2.50. The zero-order valence-corrected chi connectivity index (χ0v) is 21.2. The number of hydrogen-bond acceptors (Lipinski definition) is 6. The molecule has 1 saturated heterocycles. The van der Waals surface area contributed by atoms with Gasteiger partial charge in [-0.15, -0.1) is 11.3 Å². The van der Waals surface area contributed by atoms with Gasteiger partial charge in [-0.3, -0.25) is 0 Å². The van der Waals surface area contributed by atoms with Gasteiger partial charge < -0.3 is 9.47 Å². The average molecular weight is 548 g/mol. The van der Waals surface area contributed by atoms with Crippen molar-refractivity contribution in [2.24, 2.45) is 5.92 Å². The average Bonchev–Trinajstić information content (AvgIpc) is 3.28. The largest absolute Gasteiger partial charge is 0.490 e. The van der Waals surface area contributed by atoms with E-state index in [1.54, 1.807) is 0 Å². The Balaban J connectivity index is 1.52. The second-order valence-corrected chi connectivity index (χ2v) is 12.7. The molecule has 0 aliphatic carbocycles. The summed E-state index contributed by atoms with van der Waals surface area (Å²) in [5, 5.41) is 1.14. The van der Waals surface area contributed by atoms with E-state index in [-0.39, 0.29) is 35.8 Å². The quantitative estimate of drug-likeness (QED) is 0.316. The number of fused-ring (bicyclic) bond motifs is 4. The number of para-hydroxylation sites is 1. The van der Waals surface area contributed by atoms with Gasteiger partial charge in [-0.25, -0.2) is 22.2 Å². The van der Waals surface area contributed by atoms with Crippen molar-refractivity contribution in [3.8, 4) is 5.75 Å². The summed E-state index contributed by atoms with van der Waals surface area (Å²) in [4.78, 5) is 4.65. The fraction of sp³-hybridized carbons (Fsp3) is 0.269. The van der Waals surface area contributed by atoms with E-state index in [9.17, 15) is 12.8 Å². The molecule has 0 unspecified atom stereocenters. The second-order valence-electron chi connectivity index (χ2n) is 8.94. The molecule has 1 aromatic heterocycles. The summed E-state index contributed by atoms with van der Waals surface area (Å²) in [6.07, 6.45) is -0.370. The van der Waals surface area contributed by atoms with Gasteiger partial charge in [0.25, 0.3) is 0 Å². The highest BCUT2D eigenvalue weighted by atomic mass is 35.5. The number of rotatable bonds is 4. The second kappa shape index (κ2) is 8.76. The van der Waals surface area contributed by atoms with Crippen LogP contribution >= 0.6 is 22.9 Å². The molecule has 186 valence electrons. The molecule has 2 aliphatic heterocycles. The molecule has 3 aromatic carbocycles. The maximum atomic E-state index is 15.5. The monoisotopic (exact) mass is 547 g/mol. The van der Waals surface area contributed by atoms with Crippen LogP contribution in [0.15, 0.2) is 65.6 Å². The Labute approximate surface area is 215 Å². The van der Waals surface area contributed by atoms with Gasteiger partial charge in [-0.2, -0.15) is 0 Å². The molecule has 3 atom stereocenters. The van der Waals surface area contributed by atoms with Crippen LogP contribution < -0.4 is 4.74 Å². The smallest absolute Gasteiger partial charge is 0.189 e. The van der Waals surface area contributed by atoms with E-state index in [0.29, 0.717) is 11.4 Å². The predicted octanol–water partition coefficient (Wildman–Crippen LogP) is 5.94. The molecular weight excluding hydrogens is 528 g/mol. The van der Waals surface area contributed by atoms with E-state index >= 15 is 4.39 Å². The normalized spacial score (nSPS) is 23.6. The lowest BCUT2D eigenvalue weighted by atomic mass is 9.75. The minimum Gasteiger partial charge on any atom is -0.490 e. The first-order chi connectivity index (χ1) is 17.3. The Morgan fingerprint density at radius 2 is 1.81 bits per heavy atom.